The van der Waals surface area contributed by atoms with Gasteiger partial charge in [0, 0.05) is 18.7 Å². The van der Waals surface area contributed by atoms with Crippen molar-refractivity contribution in [2.75, 3.05) is 19.8 Å². The van der Waals surface area contributed by atoms with E-state index in [1.165, 1.54) is 18.2 Å². The number of hydrogen-bond donors (Lipinski definition) is 2. The van der Waals surface area contributed by atoms with Crippen LogP contribution in [0.3, 0.4) is 0 Å². The van der Waals surface area contributed by atoms with E-state index in [1.54, 1.807) is 0 Å². The van der Waals surface area contributed by atoms with E-state index in [0.29, 0.717) is 18.8 Å². The quantitative estimate of drug-likeness (QED) is 0.584. The zero-order valence-electron chi connectivity index (χ0n) is 10.3. The molecule has 1 aromatic carbocycles. The average molecular weight is 323 g/mol. The Hall–Kier alpha value is -0.730. The molecule has 0 saturated heterocycles. The number of sulfonamides is 1. The molecule has 1 rings (SSSR count). The monoisotopic (exact) mass is 322 g/mol. The molecule has 0 unspecified atom stereocenters. The van der Waals surface area contributed by atoms with Crippen LogP contribution in [-0.2, 0) is 14.8 Å². The van der Waals surface area contributed by atoms with E-state index in [4.69, 9.17) is 34.3 Å². The Bertz CT molecular complexity index is 561. The third-order valence-corrected chi connectivity index (χ3v) is 4.43. The lowest BCUT2D eigenvalue weighted by atomic mass is 10.2. The van der Waals surface area contributed by atoms with Gasteiger partial charge in [-0.05, 0) is 19.1 Å². The van der Waals surface area contributed by atoms with Crippen molar-refractivity contribution in [3.05, 3.63) is 28.8 Å². The van der Waals surface area contributed by atoms with E-state index in [2.05, 4.69) is 4.72 Å². The Morgan fingerprint density at radius 1 is 1.53 bits per heavy atom. The summed E-state index contributed by atoms with van der Waals surface area (Å²) in [6.45, 7) is 2.85. The third kappa shape index (κ3) is 4.70. The summed E-state index contributed by atoms with van der Waals surface area (Å²) in [5, 5.41) is 0.0780. The van der Waals surface area contributed by atoms with Crippen LogP contribution < -0.4 is 10.5 Å². The fourth-order valence-electron chi connectivity index (χ4n) is 1.34. The van der Waals surface area contributed by atoms with Crippen LogP contribution in [0.4, 0.5) is 0 Å². The lowest BCUT2D eigenvalue weighted by Crippen LogP contribution is -2.27. The Balaban J connectivity index is 2.87. The first kappa shape index (κ1) is 16.3. The number of hydrogen-bond acceptors (Lipinski definition) is 4. The second-order valence-corrected chi connectivity index (χ2v) is 6.19. The summed E-state index contributed by atoms with van der Waals surface area (Å²) in [7, 11) is -3.66. The van der Waals surface area contributed by atoms with Gasteiger partial charge in [-0.1, -0.05) is 29.9 Å². The van der Waals surface area contributed by atoms with Gasteiger partial charge in [0.15, 0.2) is 0 Å². The zero-order valence-corrected chi connectivity index (χ0v) is 12.7. The predicted octanol–water partition coefficient (Wildman–Crippen LogP) is 1.29. The molecule has 5 nitrogen and oxygen atoms in total. The fraction of sp³-hybridized carbons (Fsp3) is 0.364. The van der Waals surface area contributed by atoms with Gasteiger partial charge in [0.1, 0.15) is 9.88 Å². The molecular weight excluding hydrogens is 308 g/mol. The molecule has 0 aliphatic rings. The van der Waals surface area contributed by atoms with Crippen LogP contribution in [0, 0.1) is 0 Å². The smallest absolute Gasteiger partial charge is 0.242 e. The van der Waals surface area contributed by atoms with Crippen molar-refractivity contribution in [1.29, 1.82) is 0 Å². The summed E-state index contributed by atoms with van der Waals surface area (Å²) in [6, 6.07) is 4.33. The molecule has 0 spiro atoms. The second-order valence-electron chi connectivity index (χ2n) is 3.60. The number of nitrogens with two attached hydrogens (primary N) is 1. The Kier molecular flexibility index (Phi) is 6.15. The minimum Gasteiger partial charge on any atom is -0.389 e. The first-order valence-corrected chi connectivity index (χ1v) is 7.82. The molecule has 0 bridgehead atoms. The van der Waals surface area contributed by atoms with Crippen LogP contribution in [0.5, 0.6) is 0 Å². The molecule has 0 fully saturated rings. The normalized spacial score (nSPS) is 11.5. The maximum Gasteiger partial charge on any atom is 0.242 e. The van der Waals surface area contributed by atoms with Gasteiger partial charge in [-0.3, -0.25) is 0 Å². The van der Waals surface area contributed by atoms with E-state index in [9.17, 15) is 8.42 Å². The highest BCUT2D eigenvalue weighted by Gasteiger charge is 2.17. The van der Waals surface area contributed by atoms with Gasteiger partial charge in [0.2, 0.25) is 10.0 Å². The number of rotatable bonds is 7. The number of thiocarbonyl (C=S) groups is 1. The summed E-state index contributed by atoms with van der Waals surface area (Å²) in [6.07, 6.45) is 0. The molecular formula is C11H15ClN2O3S2. The van der Waals surface area contributed by atoms with E-state index < -0.39 is 10.0 Å². The number of nitrogens with one attached hydrogen (secondary N) is 1. The van der Waals surface area contributed by atoms with Crippen molar-refractivity contribution in [2.24, 2.45) is 5.73 Å². The average Bonchev–Trinajstić information content (AvgIpc) is 2.34. The third-order valence-electron chi connectivity index (χ3n) is 2.25. The summed E-state index contributed by atoms with van der Waals surface area (Å²) in [5.74, 6) is 0. The molecule has 0 aliphatic heterocycles. The Morgan fingerprint density at radius 2 is 2.21 bits per heavy atom. The maximum absolute atomic E-state index is 12.0. The molecule has 0 atom stereocenters. The van der Waals surface area contributed by atoms with Gasteiger partial charge in [0.25, 0.3) is 0 Å². The highest BCUT2D eigenvalue weighted by atomic mass is 35.5. The van der Waals surface area contributed by atoms with Gasteiger partial charge < -0.3 is 10.5 Å². The van der Waals surface area contributed by atoms with Crippen molar-refractivity contribution in [3.63, 3.8) is 0 Å². The van der Waals surface area contributed by atoms with Crippen LogP contribution in [-0.4, -0.2) is 33.2 Å². The summed E-state index contributed by atoms with van der Waals surface area (Å²) in [5.41, 5.74) is 5.97. The lowest BCUT2D eigenvalue weighted by Gasteiger charge is -2.09. The first-order chi connectivity index (χ1) is 8.88. The van der Waals surface area contributed by atoms with Gasteiger partial charge in [-0.25, -0.2) is 13.1 Å². The summed E-state index contributed by atoms with van der Waals surface area (Å²) in [4.78, 5) is 0.154. The van der Waals surface area contributed by atoms with E-state index >= 15 is 0 Å². The maximum atomic E-state index is 12.0. The largest absolute Gasteiger partial charge is 0.389 e. The Labute approximate surface area is 123 Å². The number of ether oxygens (including phenoxy) is 1. The van der Waals surface area contributed by atoms with E-state index in [0.717, 1.165) is 0 Å². The van der Waals surface area contributed by atoms with Gasteiger partial charge >= 0.3 is 0 Å². The van der Waals surface area contributed by atoms with Crippen molar-refractivity contribution >= 4 is 38.8 Å². The molecule has 0 heterocycles. The van der Waals surface area contributed by atoms with Crippen molar-refractivity contribution in [1.82, 2.24) is 4.72 Å². The highest BCUT2D eigenvalue weighted by Crippen LogP contribution is 2.22. The summed E-state index contributed by atoms with van der Waals surface area (Å²) < 4.78 is 31.4. The second kappa shape index (κ2) is 7.16. The molecule has 3 N–H and O–H groups in total. The van der Waals surface area contributed by atoms with Crippen LogP contribution in [0.1, 0.15) is 12.5 Å². The van der Waals surface area contributed by atoms with Gasteiger partial charge in [-0.15, -0.1) is 0 Å². The molecule has 8 heteroatoms. The number of halogens is 1. The molecule has 0 aliphatic carbocycles. The summed E-state index contributed by atoms with van der Waals surface area (Å²) >= 11 is 10.7. The van der Waals surface area contributed by atoms with Gasteiger partial charge in [0.05, 0.1) is 11.6 Å². The SMILES string of the molecule is CCOCCNS(=O)(=O)c1ccc(C(N)=S)cc1Cl. The number of benzene rings is 1. The van der Waals surface area contributed by atoms with Crippen LogP contribution >= 0.6 is 23.8 Å². The fourth-order valence-corrected chi connectivity index (χ4v) is 3.02. The minimum absolute atomic E-state index is 0.00864. The molecule has 106 valence electrons. The molecule has 0 radical (unpaired) electrons. The molecule has 1 aromatic rings. The van der Waals surface area contributed by atoms with Crippen LogP contribution in [0.25, 0.3) is 0 Å². The van der Waals surface area contributed by atoms with E-state index in [1.807, 2.05) is 6.92 Å². The zero-order chi connectivity index (χ0) is 14.5. The molecule has 0 saturated carbocycles. The predicted molar refractivity (Wildman–Crippen MR) is 79.0 cm³/mol. The minimum atomic E-state index is -3.66. The topological polar surface area (TPSA) is 81.4 Å². The van der Waals surface area contributed by atoms with Crippen LogP contribution in [0.2, 0.25) is 5.02 Å². The molecule has 19 heavy (non-hydrogen) atoms. The van der Waals surface area contributed by atoms with Gasteiger partial charge in [-0.2, -0.15) is 0 Å². The molecule has 0 amide bonds. The van der Waals surface area contributed by atoms with Crippen LogP contribution in [0.15, 0.2) is 23.1 Å². The standard InChI is InChI=1S/C11H15ClN2O3S2/c1-2-17-6-5-14-19(15,16)10-4-3-8(11(13)18)7-9(10)12/h3-4,7,14H,2,5-6H2,1H3,(H2,13,18). The lowest BCUT2D eigenvalue weighted by molar-refractivity contribution is 0.153. The highest BCUT2D eigenvalue weighted by molar-refractivity contribution is 7.89. The first-order valence-electron chi connectivity index (χ1n) is 5.55. The van der Waals surface area contributed by atoms with Crippen molar-refractivity contribution in [3.8, 4) is 0 Å². The van der Waals surface area contributed by atoms with E-state index in [-0.39, 0.29) is 21.5 Å². The molecule has 0 aromatic heterocycles. The Morgan fingerprint density at radius 3 is 2.74 bits per heavy atom. The van der Waals surface area contributed by atoms with Crippen molar-refractivity contribution < 1.29 is 13.2 Å². The van der Waals surface area contributed by atoms with Crippen molar-refractivity contribution in [2.45, 2.75) is 11.8 Å².